The summed E-state index contributed by atoms with van der Waals surface area (Å²) in [5.41, 5.74) is 0.525. The predicted octanol–water partition coefficient (Wildman–Crippen LogP) is 2.15. The van der Waals surface area contributed by atoms with E-state index in [0.717, 1.165) is 0 Å². The Hall–Kier alpha value is -2.21. The quantitative estimate of drug-likeness (QED) is 0.859. The Labute approximate surface area is 128 Å². The van der Waals surface area contributed by atoms with Crippen LogP contribution in [0.3, 0.4) is 0 Å². The monoisotopic (exact) mass is 305 g/mol. The average Bonchev–Trinajstić information content (AvgIpc) is 2.94. The molecule has 1 aromatic carbocycles. The topological polar surface area (TPSA) is 67.2 Å². The maximum atomic E-state index is 13.7. The van der Waals surface area contributed by atoms with Crippen LogP contribution < -0.4 is 5.32 Å². The van der Waals surface area contributed by atoms with E-state index in [1.54, 1.807) is 37.4 Å². The highest BCUT2D eigenvalue weighted by atomic mass is 19.1. The van der Waals surface area contributed by atoms with Crippen LogP contribution >= 0.6 is 0 Å². The number of aromatic nitrogens is 2. The molecule has 6 heteroatoms. The van der Waals surface area contributed by atoms with Gasteiger partial charge < -0.3 is 10.4 Å². The molecule has 2 N–H and O–H groups in total. The Kier molecular flexibility index (Phi) is 5.27. The largest absolute Gasteiger partial charge is 0.393 e. The molecule has 118 valence electrons. The van der Waals surface area contributed by atoms with Crippen molar-refractivity contribution in [3.05, 3.63) is 48.0 Å². The van der Waals surface area contributed by atoms with E-state index in [2.05, 4.69) is 10.4 Å². The first kappa shape index (κ1) is 16.2. The number of rotatable bonds is 6. The Morgan fingerprint density at radius 3 is 2.77 bits per heavy atom. The number of halogens is 1. The lowest BCUT2D eigenvalue weighted by Crippen LogP contribution is -2.29. The number of carbonyl (C=O) groups is 1. The number of carbonyl (C=O) groups excluding carboxylic acids is 1. The van der Waals surface area contributed by atoms with Crippen molar-refractivity contribution in [2.45, 2.75) is 26.4 Å². The number of nitrogens with one attached hydrogen (secondary N) is 1. The summed E-state index contributed by atoms with van der Waals surface area (Å²) in [6.07, 6.45) is 1.77. The Morgan fingerprint density at radius 2 is 2.09 bits per heavy atom. The SMILES string of the molecule is CC(O)CC(C)CNC(=O)c1ccn(-c2ccccc2F)n1. The summed E-state index contributed by atoms with van der Waals surface area (Å²) in [5.74, 6) is -0.548. The summed E-state index contributed by atoms with van der Waals surface area (Å²) in [4.78, 5) is 12.0. The van der Waals surface area contributed by atoms with Crippen LogP contribution in [0.4, 0.5) is 4.39 Å². The molecule has 2 aromatic rings. The fraction of sp³-hybridized carbons (Fsp3) is 0.375. The minimum absolute atomic E-state index is 0.164. The molecule has 0 spiro atoms. The summed E-state index contributed by atoms with van der Waals surface area (Å²) in [7, 11) is 0. The third kappa shape index (κ3) is 4.14. The standard InChI is InChI=1S/C16H20FN3O2/c1-11(9-12(2)21)10-18-16(22)14-7-8-20(19-14)15-6-4-3-5-13(15)17/h3-8,11-12,21H,9-10H2,1-2H3,(H,18,22). The third-order valence-corrected chi connectivity index (χ3v) is 3.28. The second-order valence-corrected chi connectivity index (χ2v) is 5.50. The third-order valence-electron chi connectivity index (χ3n) is 3.28. The summed E-state index contributed by atoms with van der Waals surface area (Å²) >= 11 is 0. The van der Waals surface area contributed by atoms with Crippen LogP contribution in [0.5, 0.6) is 0 Å². The Bertz CT molecular complexity index is 640. The van der Waals surface area contributed by atoms with Gasteiger partial charge in [-0.2, -0.15) is 5.10 Å². The number of aliphatic hydroxyl groups is 1. The van der Waals surface area contributed by atoms with Gasteiger partial charge in [0.05, 0.1) is 6.10 Å². The molecule has 0 fully saturated rings. The van der Waals surface area contributed by atoms with Crippen molar-refractivity contribution in [1.82, 2.24) is 15.1 Å². The number of para-hydroxylation sites is 1. The zero-order valence-corrected chi connectivity index (χ0v) is 12.7. The fourth-order valence-corrected chi connectivity index (χ4v) is 2.24. The first-order valence-corrected chi connectivity index (χ1v) is 7.24. The van der Waals surface area contributed by atoms with Crippen LogP contribution in [-0.4, -0.2) is 33.4 Å². The van der Waals surface area contributed by atoms with Gasteiger partial charge in [-0.1, -0.05) is 19.1 Å². The zero-order valence-electron chi connectivity index (χ0n) is 12.7. The zero-order chi connectivity index (χ0) is 16.1. The molecule has 1 aromatic heterocycles. The van der Waals surface area contributed by atoms with E-state index in [1.165, 1.54) is 10.7 Å². The van der Waals surface area contributed by atoms with E-state index in [4.69, 9.17) is 0 Å². The normalized spacial score (nSPS) is 13.6. The average molecular weight is 305 g/mol. The number of benzene rings is 1. The molecule has 0 radical (unpaired) electrons. The maximum Gasteiger partial charge on any atom is 0.271 e. The van der Waals surface area contributed by atoms with Crippen LogP contribution in [0.2, 0.25) is 0 Å². The smallest absolute Gasteiger partial charge is 0.271 e. The van der Waals surface area contributed by atoms with E-state index in [1.807, 2.05) is 6.92 Å². The lowest BCUT2D eigenvalue weighted by Gasteiger charge is -2.13. The first-order chi connectivity index (χ1) is 10.5. The molecule has 2 rings (SSSR count). The minimum atomic E-state index is -0.400. The predicted molar refractivity (Wildman–Crippen MR) is 81.3 cm³/mol. The van der Waals surface area contributed by atoms with E-state index >= 15 is 0 Å². The van der Waals surface area contributed by atoms with Gasteiger partial charge in [-0.15, -0.1) is 0 Å². The molecule has 5 nitrogen and oxygen atoms in total. The highest BCUT2D eigenvalue weighted by Crippen LogP contribution is 2.12. The van der Waals surface area contributed by atoms with Crippen molar-refractivity contribution in [2.75, 3.05) is 6.54 Å². The number of nitrogens with zero attached hydrogens (tertiary/aromatic N) is 2. The molecular formula is C16H20FN3O2. The van der Waals surface area contributed by atoms with Crippen LogP contribution in [-0.2, 0) is 0 Å². The molecule has 0 aliphatic heterocycles. The van der Waals surface area contributed by atoms with Crippen LogP contribution in [0.15, 0.2) is 36.5 Å². The van der Waals surface area contributed by atoms with Gasteiger partial charge >= 0.3 is 0 Å². The number of hydrogen-bond acceptors (Lipinski definition) is 3. The lowest BCUT2D eigenvalue weighted by molar-refractivity contribution is 0.0934. The van der Waals surface area contributed by atoms with Crippen molar-refractivity contribution in [3.63, 3.8) is 0 Å². The number of hydrogen-bond donors (Lipinski definition) is 2. The van der Waals surface area contributed by atoms with Crippen molar-refractivity contribution in [2.24, 2.45) is 5.92 Å². The fourth-order valence-electron chi connectivity index (χ4n) is 2.24. The van der Waals surface area contributed by atoms with Gasteiger partial charge in [0.15, 0.2) is 5.69 Å². The van der Waals surface area contributed by atoms with Gasteiger partial charge in [0, 0.05) is 12.7 Å². The lowest BCUT2D eigenvalue weighted by atomic mass is 10.0. The van der Waals surface area contributed by atoms with Gasteiger partial charge in [-0.05, 0) is 37.5 Å². The number of amides is 1. The second-order valence-electron chi connectivity index (χ2n) is 5.50. The van der Waals surface area contributed by atoms with Crippen molar-refractivity contribution < 1.29 is 14.3 Å². The van der Waals surface area contributed by atoms with Gasteiger partial charge in [0.2, 0.25) is 0 Å². The minimum Gasteiger partial charge on any atom is -0.393 e. The maximum absolute atomic E-state index is 13.7. The molecule has 0 bridgehead atoms. The summed E-state index contributed by atoms with van der Waals surface area (Å²) in [5, 5.41) is 16.2. The molecular weight excluding hydrogens is 285 g/mol. The second kappa shape index (κ2) is 7.17. The number of aliphatic hydroxyl groups excluding tert-OH is 1. The van der Waals surface area contributed by atoms with Gasteiger partial charge in [-0.3, -0.25) is 4.79 Å². The van der Waals surface area contributed by atoms with Gasteiger partial charge in [-0.25, -0.2) is 9.07 Å². The molecule has 0 aliphatic carbocycles. The molecule has 0 aliphatic rings. The molecule has 0 saturated heterocycles. The molecule has 1 heterocycles. The van der Waals surface area contributed by atoms with Crippen LogP contribution in [0.25, 0.3) is 5.69 Å². The highest BCUT2D eigenvalue weighted by molar-refractivity contribution is 5.92. The van der Waals surface area contributed by atoms with Gasteiger partial charge in [0.25, 0.3) is 5.91 Å². The molecule has 0 saturated carbocycles. The molecule has 22 heavy (non-hydrogen) atoms. The van der Waals surface area contributed by atoms with Crippen LogP contribution in [0, 0.1) is 11.7 Å². The first-order valence-electron chi connectivity index (χ1n) is 7.24. The van der Waals surface area contributed by atoms with Crippen molar-refractivity contribution >= 4 is 5.91 Å². The van der Waals surface area contributed by atoms with Crippen molar-refractivity contribution in [1.29, 1.82) is 0 Å². The van der Waals surface area contributed by atoms with Crippen molar-refractivity contribution in [3.8, 4) is 5.69 Å². The molecule has 2 unspecified atom stereocenters. The highest BCUT2D eigenvalue weighted by Gasteiger charge is 2.13. The van der Waals surface area contributed by atoms with E-state index in [-0.39, 0.29) is 17.5 Å². The van der Waals surface area contributed by atoms with E-state index in [0.29, 0.717) is 18.7 Å². The van der Waals surface area contributed by atoms with E-state index in [9.17, 15) is 14.3 Å². The molecule has 2 atom stereocenters. The summed E-state index contributed by atoms with van der Waals surface area (Å²) < 4.78 is 15.0. The molecule has 1 amide bonds. The summed E-state index contributed by atoms with van der Waals surface area (Å²) in [6.45, 7) is 4.12. The summed E-state index contributed by atoms with van der Waals surface area (Å²) in [6, 6.07) is 7.78. The Balaban J connectivity index is 1.99. The van der Waals surface area contributed by atoms with Crippen LogP contribution in [0.1, 0.15) is 30.8 Å². The Morgan fingerprint density at radius 1 is 1.36 bits per heavy atom. The van der Waals surface area contributed by atoms with E-state index < -0.39 is 11.9 Å². The van der Waals surface area contributed by atoms with Gasteiger partial charge in [0.1, 0.15) is 11.5 Å².